The summed E-state index contributed by atoms with van der Waals surface area (Å²) in [6.07, 6.45) is 3.66. The standard InChI is InChI=1S/C19H30N2O3S/c1-14-9-15(2)12-20(11-14)13-19(22)17-6-7-18-16(10-17)5-4-8-21(18)25(3,23)24/h6-7,10,14-15,19,22H,4-5,8-9,11-13H2,1-3H3/t14-,15+,19-/m1/s1. The first-order valence-electron chi connectivity index (χ1n) is 9.25. The molecule has 1 saturated heterocycles. The van der Waals surface area contributed by atoms with E-state index in [-0.39, 0.29) is 0 Å². The molecule has 3 atom stereocenters. The Kier molecular flexibility index (Phi) is 5.42. The van der Waals surface area contributed by atoms with Gasteiger partial charge < -0.3 is 5.11 Å². The Morgan fingerprint density at radius 1 is 1.24 bits per heavy atom. The molecule has 1 aromatic rings. The Hall–Kier alpha value is -1.11. The molecular weight excluding hydrogens is 336 g/mol. The summed E-state index contributed by atoms with van der Waals surface area (Å²) in [5, 5.41) is 10.7. The minimum Gasteiger partial charge on any atom is -0.387 e. The van der Waals surface area contributed by atoms with E-state index in [1.165, 1.54) is 17.0 Å². The number of aliphatic hydroxyl groups is 1. The second kappa shape index (κ2) is 7.25. The number of rotatable bonds is 4. The number of aliphatic hydroxyl groups excluding tert-OH is 1. The SMILES string of the molecule is C[C@@H]1C[C@H](C)CN(C[C@@H](O)c2ccc3c(c2)CCCN3S(C)(=O)=O)C1. The van der Waals surface area contributed by atoms with Gasteiger partial charge in [0.05, 0.1) is 18.0 Å². The van der Waals surface area contributed by atoms with Crippen molar-refractivity contribution in [2.75, 3.05) is 36.7 Å². The fraction of sp³-hybridized carbons (Fsp3) is 0.684. The van der Waals surface area contributed by atoms with Gasteiger partial charge in [-0.25, -0.2) is 8.42 Å². The molecule has 1 aromatic carbocycles. The van der Waals surface area contributed by atoms with Crippen LogP contribution in [0.5, 0.6) is 0 Å². The molecule has 0 aromatic heterocycles. The van der Waals surface area contributed by atoms with Crippen LogP contribution >= 0.6 is 0 Å². The van der Waals surface area contributed by atoms with Gasteiger partial charge in [0, 0.05) is 26.2 Å². The number of sulfonamides is 1. The molecule has 1 N–H and O–H groups in total. The van der Waals surface area contributed by atoms with Gasteiger partial charge >= 0.3 is 0 Å². The van der Waals surface area contributed by atoms with Crippen LogP contribution in [0.25, 0.3) is 0 Å². The molecule has 0 spiro atoms. The summed E-state index contributed by atoms with van der Waals surface area (Å²) in [6.45, 7) is 7.80. The van der Waals surface area contributed by atoms with Gasteiger partial charge in [-0.3, -0.25) is 9.21 Å². The number of likely N-dealkylation sites (tertiary alicyclic amines) is 1. The highest BCUT2D eigenvalue weighted by molar-refractivity contribution is 7.92. The van der Waals surface area contributed by atoms with Crippen molar-refractivity contribution >= 4 is 15.7 Å². The molecule has 5 nitrogen and oxygen atoms in total. The van der Waals surface area contributed by atoms with Crippen LogP contribution < -0.4 is 4.31 Å². The molecule has 2 aliphatic heterocycles. The van der Waals surface area contributed by atoms with E-state index in [2.05, 4.69) is 18.7 Å². The van der Waals surface area contributed by atoms with E-state index >= 15 is 0 Å². The van der Waals surface area contributed by atoms with Gasteiger partial charge in [-0.05, 0) is 48.3 Å². The van der Waals surface area contributed by atoms with Crippen LogP contribution in [0.2, 0.25) is 0 Å². The number of nitrogens with zero attached hydrogens (tertiary/aromatic N) is 2. The highest BCUT2D eigenvalue weighted by atomic mass is 32.2. The van der Waals surface area contributed by atoms with E-state index in [9.17, 15) is 13.5 Å². The zero-order valence-corrected chi connectivity index (χ0v) is 16.3. The van der Waals surface area contributed by atoms with E-state index in [4.69, 9.17) is 0 Å². The lowest BCUT2D eigenvalue weighted by molar-refractivity contribution is 0.0699. The third kappa shape index (κ3) is 4.36. The molecule has 6 heteroatoms. The summed E-state index contributed by atoms with van der Waals surface area (Å²) in [4.78, 5) is 2.35. The Morgan fingerprint density at radius 3 is 2.56 bits per heavy atom. The Balaban J connectivity index is 1.75. The summed E-state index contributed by atoms with van der Waals surface area (Å²) >= 11 is 0. The number of β-amino-alcohol motifs (C(OH)–C–C–N with tert-alkyl or cyclic N) is 1. The lowest BCUT2D eigenvalue weighted by Crippen LogP contribution is -2.40. The Labute approximate surface area is 151 Å². The number of fused-ring (bicyclic) bond motifs is 1. The van der Waals surface area contributed by atoms with E-state index in [0.29, 0.717) is 24.9 Å². The van der Waals surface area contributed by atoms with E-state index in [1.54, 1.807) is 0 Å². The van der Waals surface area contributed by atoms with Crippen LogP contribution in [-0.2, 0) is 16.4 Å². The number of aryl methyl sites for hydroxylation is 1. The normalized spacial score (nSPS) is 26.3. The molecule has 2 aliphatic rings. The molecule has 2 heterocycles. The molecule has 0 amide bonds. The third-order valence-corrected chi connectivity index (χ3v) is 6.52. The zero-order chi connectivity index (χ0) is 18.2. The summed E-state index contributed by atoms with van der Waals surface area (Å²) < 4.78 is 25.4. The number of piperidine rings is 1. The molecule has 0 aliphatic carbocycles. The van der Waals surface area contributed by atoms with Crippen LogP contribution in [0.4, 0.5) is 5.69 Å². The molecule has 1 fully saturated rings. The van der Waals surface area contributed by atoms with Crippen molar-refractivity contribution in [2.45, 2.75) is 39.2 Å². The largest absolute Gasteiger partial charge is 0.387 e. The summed E-state index contributed by atoms with van der Waals surface area (Å²) in [5.41, 5.74) is 2.68. The first kappa shape index (κ1) is 18.7. The van der Waals surface area contributed by atoms with Gasteiger partial charge in [0.2, 0.25) is 10.0 Å². The molecule has 3 rings (SSSR count). The Morgan fingerprint density at radius 2 is 1.92 bits per heavy atom. The maximum atomic E-state index is 12.0. The minimum atomic E-state index is -3.24. The number of anilines is 1. The van der Waals surface area contributed by atoms with Crippen molar-refractivity contribution in [1.29, 1.82) is 0 Å². The fourth-order valence-corrected chi connectivity index (χ4v) is 5.42. The summed E-state index contributed by atoms with van der Waals surface area (Å²) in [5.74, 6) is 1.34. The van der Waals surface area contributed by atoms with Crippen LogP contribution in [0.15, 0.2) is 18.2 Å². The van der Waals surface area contributed by atoms with E-state index in [1.807, 2.05) is 18.2 Å². The fourth-order valence-electron chi connectivity index (χ4n) is 4.43. The second-order valence-electron chi connectivity index (χ2n) is 8.01. The van der Waals surface area contributed by atoms with Gasteiger partial charge in [-0.2, -0.15) is 0 Å². The van der Waals surface area contributed by atoms with Crippen LogP contribution in [0.3, 0.4) is 0 Å². The third-order valence-electron chi connectivity index (χ3n) is 5.34. The predicted octanol–water partition coefficient (Wildman–Crippen LogP) is 2.41. The summed E-state index contributed by atoms with van der Waals surface area (Å²) in [7, 11) is -3.24. The van der Waals surface area contributed by atoms with Crippen molar-refractivity contribution in [3.05, 3.63) is 29.3 Å². The number of hydrogen-bond acceptors (Lipinski definition) is 4. The summed E-state index contributed by atoms with van der Waals surface area (Å²) in [6, 6.07) is 5.73. The molecule has 0 radical (unpaired) electrons. The van der Waals surface area contributed by atoms with Gasteiger partial charge in [0.25, 0.3) is 0 Å². The van der Waals surface area contributed by atoms with E-state index < -0.39 is 16.1 Å². The molecule has 140 valence electrons. The predicted molar refractivity (Wildman–Crippen MR) is 101 cm³/mol. The van der Waals surface area contributed by atoms with Crippen molar-refractivity contribution in [1.82, 2.24) is 4.90 Å². The molecule has 0 unspecified atom stereocenters. The van der Waals surface area contributed by atoms with Gasteiger partial charge in [0.15, 0.2) is 0 Å². The maximum absolute atomic E-state index is 12.0. The zero-order valence-electron chi connectivity index (χ0n) is 15.5. The number of hydrogen-bond donors (Lipinski definition) is 1. The average Bonchev–Trinajstić information content (AvgIpc) is 2.51. The smallest absolute Gasteiger partial charge is 0.232 e. The van der Waals surface area contributed by atoms with E-state index in [0.717, 1.165) is 42.7 Å². The number of benzene rings is 1. The average molecular weight is 367 g/mol. The van der Waals surface area contributed by atoms with Crippen LogP contribution in [-0.4, -0.2) is 50.9 Å². The van der Waals surface area contributed by atoms with Crippen molar-refractivity contribution < 1.29 is 13.5 Å². The minimum absolute atomic E-state index is 0.531. The highest BCUT2D eigenvalue weighted by Crippen LogP contribution is 2.32. The van der Waals surface area contributed by atoms with Gasteiger partial charge in [-0.1, -0.05) is 26.0 Å². The lowest BCUT2D eigenvalue weighted by Gasteiger charge is -2.36. The van der Waals surface area contributed by atoms with Crippen LogP contribution in [0.1, 0.15) is 43.9 Å². The van der Waals surface area contributed by atoms with Gasteiger partial charge in [-0.15, -0.1) is 0 Å². The molecular formula is C19H30N2O3S. The topological polar surface area (TPSA) is 60.9 Å². The quantitative estimate of drug-likeness (QED) is 0.889. The maximum Gasteiger partial charge on any atom is 0.232 e. The lowest BCUT2D eigenvalue weighted by atomic mass is 9.91. The molecule has 25 heavy (non-hydrogen) atoms. The van der Waals surface area contributed by atoms with Crippen molar-refractivity contribution in [2.24, 2.45) is 11.8 Å². The first-order chi connectivity index (χ1) is 11.7. The Bertz CT molecular complexity index is 709. The van der Waals surface area contributed by atoms with Crippen molar-refractivity contribution in [3.63, 3.8) is 0 Å². The molecule has 0 saturated carbocycles. The highest BCUT2D eigenvalue weighted by Gasteiger charge is 2.26. The second-order valence-corrected chi connectivity index (χ2v) is 9.91. The van der Waals surface area contributed by atoms with Crippen molar-refractivity contribution in [3.8, 4) is 0 Å². The monoisotopic (exact) mass is 366 g/mol. The first-order valence-corrected chi connectivity index (χ1v) is 11.1. The molecule has 0 bridgehead atoms. The van der Waals surface area contributed by atoms with Gasteiger partial charge in [0.1, 0.15) is 0 Å². The van der Waals surface area contributed by atoms with Crippen LogP contribution in [0, 0.1) is 11.8 Å².